The van der Waals surface area contributed by atoms with E-state index >= 15 is 0 Å². The lowest BCUT2D eigenvalue weighted by molar-refractivity contribution is -0.129. The van der Waals surface area contributed by atoms with Crippen molar-refractivity contribution in [3.05, 3.63) is 58.6 Å². The van der Waals surface area contributed by atoms with Gasteiger partial charge >= 0.3 is 0 Å². The molecule has 9 heteroatoms. The Balaban J connectivity index is 1.19. The number of aryl methyl sites for hydroxylation is 1. The molecule has 0 spiro atoms. The number of rotatable bonds is 5. The van der Waals surface area contributed by atoms with Gasteiger partial charge in [-0.25, -0.2) is 4.98 Å². The Kier molecular flexibility index (Phi) is 5.93. The molecule has 1 saturated heterocycles. The Bertz CT molecular complexity index is 1230. The fourth-order valence-corrected chi connectivity index (χ4v) is 5.97. The number of hydrogen-bond donors (Lipinski definition) is 0. The summed E-state index contributed by atoms with van der Waals surface area (Å²) in [7, 11) is 0. The first-order valence-corrected chi connectivity index (χ1v) is 12.5. The second kappa shape index (κ2) is 8.99. The number of amides is 1. The van der Waals surface area contributed by atoms with E-state index in [2.05, 4.69) is 53.6 Å². The van der Waals surface area contributed by atoms with E-state index < -0.39 is 0 Å². The molecule has 1 aliphatic heterocycles. The summed E-state index contributed by atoms with van der Waals surface area (Å²) in [5.74, 6) is 0.894. The summed E-state index contributed by atoms with van der Waals surface area (Å²) in [5, 5.41) is 13.9. The molecule has 7 nitrogen and oxygen atoms in total. The lowest BCUT2D eigenvalue weighted by Gasteiger charge is -2.31. The summed E-state index contributed by atoms with van der Waals surface area (Å²) in [6.07, 6.45) is 1.91. The summed E-state index contributed by atoms with van der Waals surface area (Å²) in [6, 6.07) is 14.3. The standard InChI is InChI=1S/C23H24N6OS2/c1-15-6-5-8-19(16(15)2)29-23(25-26-27-29)31-14-21(30)28-12-10-17(11-13-28)22-24-18-7-3-4-9-20(18)32-22/h3-9,17H,10-14H2,1-2H3. The topological polar surface area (TPSA) is 76.8 Å². The van der Waals surface area contributed by atoms with Gasteiger partial charge in [-0.2, -0.15) is 4.68 Å². The highest BCUT2D eigenvalue weighted by molar-refractivity contribution is 7.99. The second-order valence-corrected chi connectivity index (χ2v) is 10.1. The van der Waals surface area contributed by atoms with Gasteiger partial charge in [0.1, 0.15) is 0 Å². The fourth-order valence-electron chi connectivity index (χ4n) is 4.04. The van der Waals surface area contributed by atoms with Gasteiger partial charge in [0.05, 0.1) is 26.7 Å². The predicted octanol–water partition coefficient (Wildman–Crippen LogP) is 4.39. The third-order valence-corrected chi connectivity index (χ3v) is 8.18. The van der Waals surface area contributed by atoms with Crippen molar-refractivity contribution in [2.75, 3.05) is 18.8 Å². The number of carbonyl (C=O) groups excluding carboxylic acids is 1. The number of thioether (sulfide) groups is 1. The Hall–Kier alpha value is -2.78. The van der Waals surface area contributed by atoms with E-state index in [0.717, 1.165) is 42.7 Å². The third-order valence-electron chi connectivity index (χ3n) is 6.08. The molecule has 164 valence electrons. The van der Waals surface area contributed by atoms with E-state index in [9.17, 15) is 4.79 Å². The lowest BCUT2D eigenvalue weighted by Crippen LogP contribution is -2.39. The second-order valence-electron chi connectivity index (χ2n) is 8.06. The van der Waals surface area contributed by atoms with Crippen molar-refractivity contribution in [2.45, 2.75) is 37.8 Å². The molecule has 1 amide bonds. The minimum atomic E-state index is 0.133. The Morgan fingerprint density at radius 1 is 1.12 bits per heavy atom. The van der Waals surface area contributed by atoms with Crippen molar-refractivity contribution >= 4 is 39.2 Å². The zero-order chi connectivity index (χ0) is 22.1. The molecule has 0 radical (unpaired) electrons. The highest BCUT2D eigenvalue weighted by atomic mass is 32.2. The van der Waals surface area contributed by atoms with Crippen molar-refractivity contribution in [3.8, 4) is 5.69 Å². The largest absolute Gasteiger partial charge is 0.342 e. The lowest BCUT2D eigenvalue weighted by atomic mass is 9.97. The van der Waals surface area contributed by atoms with E-state index in [1.807, 2.05) is 23.1 Å². The first-order chi connectivity index (χ1) is 15.6. The fraction of sp³-hybridized carbons (Fsp3) is 0.348. The van der Waals surface area contributed by atoms with E-state index in [-0.39, 0.29) is 5.91 Å². The minimum absolute atomic E-state index is 0.133. The maximum absolute atomic E-state index is 12.9. The van der Waals surface area contributed by atoms with Crippen LogP contribution >= 0.6 is 23.1 Å². The van der Waals surface area contributed by atoms with Crippen LogP contribution in [0.15, 0.2) is 47.6 Å². The molecule has 1 aliphatic rings. The SMILES string of the molecule is Cc1cccc(-n2nnnc2SCC(=O)N2CCC(c3nc4ccccc4s3)CC2)c1C. The highest BCUT2D eigenvalue weighted by Crippen LogP contribution is 2.34. The van der Waals surface area contributed by atoms with Gasteiger partial charge in [0.2, 0.25) is 11.1 Å². The van der Waals surface area contributed by atoms with Crippen LogP contribution < -0.4 is 0 Å². The number of para-hydroxylation sites is 1. The monoisotopic (exact) mass is 464 g/mol. The number of nitrogens with zero attached hydrogens (tertiary/aromatic N) is 6. The molecule has 2 aromatic carbocycles. The summed E-state index contributed by atoms with van der Waals surface area (Å²) >= 11 is 3.17. The van der Waals surface area contributed by atoms with Gasteiger partial charge in [-0.05, 0) is 66.4 Å². The zero-order valence-electron chi connectivity index (χ0n) is 18.1. The van der Waals surface area contributed by atoms with Gasteiger partial charge in [-0.3, -0.25) is 4.79 Å². The normalized spacial score (nSPS) is 14.9. The van der Waals surface area contributed by atoms with Gasteiger partial charge in [-0.1, -0.05) is 36.0 Å². The van der Waals surface area contributed by atoms with Crippen LogP contribution in [0.4, 0.5) is 0 Å². The predicted molar refractivity (Wildman–Crippen MR) is 128 cm³/mol. The molecule has 0 N–H and O–H groups in total. The molecule has 4 aromatic rings. The number of carbonyl (C=O) groups is 1. The number of tetrazole rings is 1. The van der Waals surface area contributed by atoms with Gasteiger partial charge in [0.15, 0.2) is 0 Å². The minimum Gasteiger partial charge on any atom is -0.342 e. The molecule has 0 bridgehead atoms. The van der Waals surface area contributed by atoms with Crippen molar-refractivity contribution in [2.24, 2.45) is 0 Å². The molecule has 2 aromatic heterocycles. The van der Waals surface area contributed by atoms with Gasteiger partial charge in [-0.15, -0.1) is 16.4 Å². The summed E-state index contributed by atoms with van der Waals surface area (Å²) in [6.45, 7) is 5.66. The number of thiazole rings is 1. The van der Waals surface area contributed by atoms with Crippen LogP contribution in [0.2, 0.25) is 0 Å². The first kappa shape index (κ1) is 21.1. The molecule has 5 rings (SSSR count). The Labute approximate surface area is 194 Å². The van der Waals surface area contributed by atoms with Crippen LogP contribution in [0.3, 0.4) is 0 Å². The highest BCUT2D eigenvalue weighted by Gasteiger charge is 2.26. The maximum Gasteiger partial charge on any atom is 0.233 e. The number of hydrogen-bond acceptors (Lipinski definition) is 7. The van der Waals surface area contributed by atoms with E-state index in [1.54, 1.807) is 16.0 Å². The van der Waals surface area contributed by atoms with Crippen molar-refractivity contribution in [1.29, 1.82) is 0 Å². The Morgan fingerprint density at radius 2 is 1.94 bits per heavy atom. The summed E-state index contributed by atoms with van der Waals surface area (Å²) < 4.78 is 2.96. The van der Waals surface area contributed by atoms with E-state index in [0.29, 0.717) is 16.8 Å². The van der Waals surface area contributed by atoms with Gasteiger partial charge < -0.3 is 4.90 Å². The van der Waals surface area contributed by atoms with Crippen LogP contribution in [-0.2, 0) is 4.79 Å². The van der Waals surface area contributed by atoms with E-state index in [1.165, 1.54) is 27.0 Å². The molecule has 3 heterocycles. The average Bonchev–Trinajstić information content (AvgIpc) is 3.46. The van der Waals surface area contributed by atoms with Crippen LogP contribution in [0, 0.1) is 13.8 Å². The maximum atomic E-state index is 12.9. The summed E-state index contributed by atoms with van der Waals surface area (Å²) in [4.78, 5) is 19.6. The average molecular weight is 465 g/mol. The smallest absolute Gasteiger partial charge is 0.233 e. The van der Waals surface area contributed by atoms with Crippen molar-refractivity contribution in [3.63, 3.8) is 0 Å². The van der Waals surface area contributed by atoms with Crippen molar-refractivity contribution in [1.82, 2.24) is 30.1 Å². The molecule has 0 atom stereocenters. The van der Waals surface area contributed by atoms with Crippen LogP contribution in [0.25, 0.3) is 15.9 Å². The molecular weight excluding hydrogens is 440 g/mol. The molecular formula is C23H24N6OS2. The number of likely N-dealkylation sites (tertiary alicyclic amines) is 1. The number of piperidine rings is 1. The van der Waals surface area contributed by atoms with Crippen LogP contribution in [-0.4, -0.2) is 54.8 Å². The van der Waals surface area contributed by atoms with Gasteiger partial charge in [0, 0.05) is 19.0 Å². The molecule has 0 saturated carbocycles. The number of aromatic nitrogens is 5. The van der Waals surface area contributed by atoms with Crippen LogP contribution in [0.1, 0.15) is 34.9 Å². The first-order valence-electron chi connectivity index (χ1n) is 10.7. The van der Waals surface area contributed by atoms with Crippen molar-refractivity contribution < 1.29 is 4.79 Å². The van der Waals surface area contributed by atoms with E-state index in [4.69, 9.17) is 4.98 Å². The number of benzene rings is 2. The summed E-state index contributed by atoms with van der Waals surface area (Å²) in [5.41, 5.74) is 4.33. The quantitative estimate of drug-likeness (QED) is 0.408. The zero-order valence-corrected chi connectivity index (χ0v) is 19.7. The molecule has 0 unspecified atom stereocenters. The van der Waals surface area contributed by atoms with Gasteiger partial charge in [0.25, 0.3) is 0 Å². The number of fused-ring (bicyclic) bond motifs is 1. The third kappa shape index (κ3) is 4.14. The molecule has 1 fully saturated rings. The molecule has 32 heavy (non-hydrogen) atoms. The molecule has 0 aliphatic carbocycles. The van der Waals surface area contributed by atoms with Crippen LogP contribution in [0.5, 0.6) is 0 Å². The Morgan fingerprint density at radius 3 is 2.75 bits per heavy atom.